The number of rotatable bonds is 7. The Morgan fingerprint density at radius 1 is 0.778 bits per heavy atom. The maximum atomic E-state index is 13.8. The minimum absolute atomic E-state index is 0.254. The third-order valence-corrected chi connectivity index (χ3v) is 11.9. The van der Waals surface area contributed by atoms with E-state index in [1.165, 1.54) is 15.9 Å². The van der Waals surface area contributed by atoms with Crippen LogP contribution in [0.15, 0.2) is 91.0 Å². The van der Waals surface area contributed by atoms with Crippen LogP contribution in [-0.4, -0.2) is 41.6 Å². The second kappa shape index (κ2) is 11.4. The number of nitrogens with zero attached hydrogens (tertiary/aromatic N) is 1. The van der Waals surface area contributed by atoms with E-state index < -0.39 is 12.9 Å². The normalized spacial score (nSPS) is 15.4. The summed E-state index contributed by atoms with van der Waals surface area (Å²) in [5.41, 5.74) is -0.496. The molecule has 0 aromatic heterocycles. The number of benzene rings is 3. The fourth-order valence-electron chi connectivity index (χ4n) is 5.31. The van der Waals surface area contributed by atoms with Crippen molar-refractivity contribution >= 4 is 35.1 Å². The molecule has 0 N–H and O–H groups in total. The van der Waals surface area contributed by atoms with Crippen LogP contribution in [0.3, 0.4) is 0 Å². The molecule has 1 amide bonds. The summed E-state index contributed by atoms with van der Waals surface area (Å²) < 4.78 is 5.53. The molecule has 1 saturated heterocycles. The van der Waals surface area contributed by atoms with Crippen molar-refractivity contribution < 1.29 is 14.3 Å². The Kier molecular flexibility index (Phi) is 8.26. The summed E-state index contributed by atoms with van der Waals surface area (Å²) in [7, 11) is -2.56. The van der Waals surface area contributed by atoms with E-state index >= 15 is 0 Å². The van der Waals surface area contributed by atoms with Gasteiger partial charge in [-0.05, 0) is 0 Å². The fourth-order valence-corrected chi connectivity index (χ4v) is 9.94. The summed E-state index contributed by atoms with van der Waals surface area (Å²) in [5.74, 6) is 0.610. The molecule has 1 aliphatic rings. The number of piperidine rings is 1. The first kappa shape index (κ1) is 26.1. The van der Waals surface area contributed by atoms with Crippen molar-refractivity contribution in [3.63, 3.8) is 0 Å². The number of likely N-dealkylation sites (tertiary alicyclic amines) is 1. The second-order valence-corrected chi connectivity index (χ2v) is 14.7. The molecule has 0 radical (unpaired) electrons. The van der Waals surface area contributed by atoms with E-state index in [0.29, 0.717) is 37.4 Å². The summed E-state index contributed by atoms with van der Waals surface area (Å²) >= 11 is 0. The Morgan fingerprint density at radius 2 is 1.19 bits per heavy atom. The van der Waals surface area contributed by atoms with Gasteiger partial charge in [-0.2, -0.15) is 0 Å². The molecule has 36 heavy (non-hydrogen) atoms. The third-order valence-electron chi connectivity index (χ3n) is 7.04. The molecule has 0 aliphatic carbocycles. The molecule has 5 heteroatoms. The van der Waals surface area contributed by atoms with Crippen molar-refractivity contribution in [2.75, 3.05) is 19.3 Å². The molecule has 0 atom stereocenters. The van der Waals surface area contributed by atoms with Crippen LogP contribution in [-0.2, 0) is 9.53 Å². The Balaban J connectivity index is 1.55. The van der Waals surface area contributed by atoms with Gasteiger partial charge in [0, 0.05) is 0 Å². The summed E-state index contributed by atoms with van der Waals surface area (Å²) in [6.07, 6.45) is 2.51. The van der Waals surface area contributed by atoms with E-state index in [2.05, 4.69) is 72.8 Å². The van der Waals surface area contributed by atoms with E-state index in [0.717, 1.165) is 12.8 Å². The first-order chi connectivity index (χ1) is 17.3. The quantitative estimate of drug-likeness (QED) is 0.410. The fraction of sp³-hybridized carbons (Fsp3) is 0.355. The molecule has 3 aromatic rings. The van der Waals surface area contributed by atoms with Crippen molar-refractivity contribution in [1.29, 1.82) is 0 Å². The van der Waals surface area contributed by atoms with Gasteiger partial charge in [-0.1, -0.05) is 0 Å². The van der Waals surface area contributed by atoms with E-state index in [-0.39, 0.29) is 6.09 Å². The first-order valence-corrected chi connectivity index (χ1v) is 15.1. The minimum atomic E-state index is -2.56. The molecule has 0 unspecified atom stereocenters. The number of hydrogen-bond acceptors (Lipinski definition) is 3. The van der Waals surface area contributed by atoms with Gasteiger partial charge in [0.05, 0.1) is 0 Å². The van der Waals surface area contributed by atoms with Crippen LogP contribution in [0, 0.1) is 5.92 Å². The number of hydrogen-bond donors (Lipinski definition) is 0. The predicted octanol–water partition coefficient (Wildman–Crippen LogP) is 5.32. The van der Waals surface area contributed by atoms with Gasteiger partial charge in [0.25, 0.3) is 0 Å². The van der Waals surface area contributed by atoms with E-state index in [1.54, 1.807) is 4.90 Å². The van der Waals surface area contributed by atoms with Crippen molar-refractivity contribution in [2.45, 2.75) is 45.6 Å². The van der Waals surface area contributed by atoms with Gasteiger partial charge in [0.15, 0.2) is 0 Å². The van der Waals surface area contributed by atoms with Gasteiger partial charge in [0.2, 0.25) is 0 Å². The Labute approximate surface area is 216 Å². The Bertz CT molecular complexity index is 1040. The molecule has 4 nitrogen and oxygen atoms in total. The molecule has 0 bridgehead atoms. The van der Waals surface area contributed by atoms with E-state index in [4.69, 9.17) is 4.74 Å². The third kappa shape index (κ3) is 6.23. The van der Waals surface area contributed by atoms with Crippen LogP contribution >= 0.6 is 7.26 Å². The van der Waals surface area contributed by atoms with Crippen LogP contribution in [0.1, 0.15) is 40.0 Å². The molecule has 1 fully saturated rings. The van der Waals surface area contributed by atoms with Crippen LogP contribution in [0.5, 0.6) is 0 Å². The summed E-state index contributed by atoms with van der Waals surface area (Å²) in [4.78, 5) is 28.0. The SMILES string of the molecule is CC(C)(C)OC(=O)N1CCC(CC(=O)C[PH](c2ccccc2)(c2ccccc2)c2ccccc2)CC1. The number of carbonyl (C=O) groups is 2. The number of amides is 1. The van der Waals surface area contributed by atoms with Crippen molar-refractivity contribution in [2.24, 2.45) is 5.92 Å². The molecule has 1 heterocycles. The Hall–Kier alpha value is -2.97. The van der Waals surface area contributed by atoms with Gasteiger partial charge in [0.1, 0.15) is 0 Å². The molecule has 190 valence electrons. The zero-order valence-corrected chi connectivity index (χ0v) is 22.7. The number of carbonyl (C=O) groups excluding carboxylic acids is 2. The predicted molar refractivity (Wildman–Crippen MR) is 152 cm³/mol. The van der Waals surface area contributed by atoms with Crippen molar-refractivity contribution in [1.82, 2.24) is 4.90 Å². The number of Topliss-reactive ketones (excluding diaryl/α,β-unsaturated/α-hetero) is 1. The average molecular weight is 504 g/mol. The average Bonchev–Trinajstić information content (AvgIpc) is 2.88. The molecule has 0 spiro atoms. The maximum absolute atomic E-state index is 13.8. The van der Waals surface area contributed by atoms with Crippen LogP contribution in [0.25, 0.3) is 0 Å². The van der Waals surface area contributed by atoms with Gasteiger partial charge in [-0.3, -0.25) is 0 Å². The zero-order chi connectivity index (χ0) is 25.6. The summed E-state index contributed by atoms with van der Waals surface area (Å²) in [5, 5.41) is 3.78. The molecule has 1 aliphatic heterocycles. The molecular weight excluding hydrogens is 465 g/mol. The van der Waals surface area contributed by atoms with Gasteiger partial charge in [-0.25, -0.2) is 0 Å². The van der Waals surface area contributed by atoms with E-state index in [9.17, 15) is 9.59 Å². The zero-order valence-electron chi connectivity index (χ0n) is 21.7. The van der Waals surface area contributed by atoms with Crippen LogP contribution < -0.4 is 15.9 Å². The van der Waals surface area contributed by atoms with Gasteiger partial charge >= 0.3 is 216 Å². The topological polar surface area (TPSA) is 46.6 Å². The van der Waals surface area contributed by atoms with Crippen LogP contribution in [0.4, 0.5) is 4.79 Å². The van der Waals surface area contributed by atoms with Gasteiger partial charge in [-0.15, -0.1) is 0 Å². The van der Waals surface area contributed by atoms with E-state index in [1.807, 2.05) is 39.0 Å². The number of ether oxygens (including phenoxy) is 1. The second-order valence-electron chi connectivity index (χ2n) is 10.8. The van der Waals surface area contributed by atoms with Crippen molar-refractivity contribution in [3.05, 3.63) is 91.0 Å². The van der Waals surface area contributed by atoms with Crippen molar-refractivity contribution in [3.8, 4) is 0 Å². The molecule has 4 rings (SSSR count). The van der Waals surface area contributed by atoms with Gasteiger partial charge < -0.3 is 0 Å². The molecule has 3 aromatic carbocycles. The number of ketones is 1. The first-order valence-electron chi connectivity index (χ1n) is 12.9. The summed E-state index contributed by atoms with van der Waals surface area (Å²) in [6, 6.07) is 31.8. The standard InChI is InChI=1S/C31H38NO3P/c1-31(2,3)35-30(34)32-21-19-25(20-22-32)23-26(33)24-36(27-13-7-4-8-14-27,28-15-9-5-10-16-28)29-17-11-6-12-18-29/h4-18,25,36H,19-24H2,1-3H3. The molecule has 0 saturated carbocycles. The van der Waals surface area contributed by atoms with Crippen LogP contribution in [0.2, 0.25) is 0 Å². The summed E-state index contributed by atoms with van der Waals surface area (Å²) in [6.45, 7) is 6.95. The molecular formula is C31H38NO3P. The monoisotopic (exact) mass is 503 g/mol. The Morgan fingerprint density at radius 3 is 1.58 bits per heavy atom.